The maximum absolute atomic E-state index is 12.8. The van der Waals surface area contributed by atoms with Crippen LogP contribution in [0.15, 0.2) is 47.4 Å². The normalized spacial score (nSPS) is 15.6. The van der Waals surface area contributed by atoms with E-state index in [9.17, 15) is 13.2 Å². The number of hydrogen-bond acceptors (Lipinski definition) is 4. The molecule has 0 radical (unpaired) electrons. The zero-order valence-corrected chi connectivity index (χ0v) is 16.8. The molecule has 0 saturated carbocycles. The number of carbonyl (C=O) groups excluding carboxylic acids is 1. The van der Waals surface area contributed by atoms with Gasteiger partial charge in [-0.25, -0.2) is 8.42 Å². The molecule has 1 aliphatic rings. The van der Waals surface area contributed by atoms with Crippen LogP contribution in [0.5, 0.6) is 0 Å². The number of nitrogens with one attached hydrogen (secondary N) is 1. The van der Waals surface area contributed by atoms with Crippen molar-refractivity contribution in [2.75, 3.05) is 37.9 Å². The SMILES string of the molecule is Cc1cccc(NS(=O)(=O)c2cc(C(=O)N3CCN(C)CC3)ccc2Cl)c1. The van der Waals surface area contributed by atoms with E-state index in [1.807, 2.05) is 20.0 Å². The zero-order chi connectivity index (χ0) is 19.6. The highest BCUT2D eigenvalue weighted by atomic mass is 35.5. The van der Waals surface area contributed by atoms with Crippen LogP contribution in [-0.2, 0) is 10.0 Å². The van der Waals surface area contributed by atoms with Crippen molar-refractivity contribution in [3.05, 3.63) is 58.6 Å². The van der Waals surface area contributed by atoms with Gasteiger partial charge < -0.3 is 9.80 Å². The van der Waals surface area contributed by atoms with Crippen LogP contribution >= 0.6 is 11.6 Å². The third-order valence-electron chi connectivity index (χ3n) is 4.53. The van der Waals surface area contributed by atoms with Crippen molar-refractivity contribution in [1.82, 2.24) is 9.80 Å². The van der Waals surface area contributed by atoms with Gasteiger partial charge >= 0.3 is 0 Å². The summed E-state index contributed by atoms with van der Waals surface area (Å²) in [7, 11) is -1.91. The smallest absolute Gasteiger partial charge is 0.263 e. The first-order valence-electron chi connectivity index (χ1n) is 8.63. The van der Waals surface area contributed by atoms with Gasteiger partial charge in [-0.1, -0.05) is 23.7 Å². The number of anilines is 1. The molecule has 6 nitrogen and oxygen atoms in total. The number of piperazine rings is 1. The molecule has 0 bridgehead atoms. The molecule has 0 spiro atoms. The lowest BCUT2D eigenvalue weighted by atomic mass is 10.2. The third-order valence-corrected chi connectivity index (χ3v) is 6.39. The summed E-state index contributed by atoms with van der Waals surface area (Å²) in [6.45, 7) is 4.68. The quantitative estimate of drug-likeness (QED) is 0.846. The second kappa shape index (κ2) is 7.88. The Labute approximate surface area is 164 Å². The summed E-state index contributed by atoms with van der Waals surface area (Å²) in [6.07, 6.45) is 0. The van der Waals surface area contributed by atoms with Gasteiger partial charge in [0.25, 0.3) is 15.9 Å². The maximum atomic E-state index is 12.8. The van der Waals surface area contributed by atoms with Crippen LogP contribution in [0.4, 0.5) is 5.69 Å². The van der Waals surface area contributed by atoms with Gasteiger partial charge in [0.2, 0.25) is 0 Å². The maximum Gasteiger partial charge on any atom is 0.263 e. The van der Waals surface area contributed by atoms with Gasteiger partial charge in [0.1, 0.15) is 4.90 Å². The molecule has 1 N–H and O–H groups in total. The predicted octanol–water partition coefficient (Wildman–Crippen LogP) is 2.84. The fourth-order valence-corrected chi connectivity index (χ4v) is 4.53. The number of nitrogens with zero attached hydrogens (tertiary/aromatic N) is 2. The molecular formula is C19H22ClN3O3S. The van der Waals surface area contributed by atoms with Gasteiger partial charge in [-0.15, -0.1) is 0 Å². The predicted molar refractivity (Wildman–Crippen MR) is 107 cm³/mol. The topological polar surface area (TPSA) is 69.7 Å². The van der Waals surface area contributed by atoms with Gasteiger partial charge in [-0.3, -0.25) is 9.52 Å². The molecule has 0 atom stereocenters. The number of benzene rings is 2. The Bertz CT molecular complexity index is 954. The molecule has 1 aliphatic heterocycles. The molecule has 2 aromatic carbocycles. The van der Waals surface area contributed by atoms with E-state index < -0.39 is 10.0 Å². The molecule has 3 rings (SSSR count). The first kappa shape index (κ1) is 19.7. The van der Waals surface area contributed by atoms with Crippen LogP contribution in [0.2, 0.25) is 5.02 Å². The Morgan fingerprint density at radius 2 is 1.78 bits per heavy atom. The minimum atomic E-state index is -3.92. The number of amides is 1. The van der Waals surface area contributed by atoms with Crippen molar-refractivity contribution in [2.24, 2.45) is 0 Å². The lowest BCUT2D eigenvalue weighted by Gasteiger charge is -2.32. The van der Waals surface area contributed by atoms with E-state index in [4.69, 9.17) is 11.6 Å². The molecule has 27 heavy (non-hydrogen) atoms. The fourth-order valence-electron chi connectivity index (χ4n) is 2.95. The number of halogens is 1. The molecule has 1 saturated heterocycles. The standard InChI is InChI=1S/C19H22ClN3O3S/c1-14-4-3-5-16(12-14)21-27(25,26)18-13-15(6-7-17(18)20)19(24)23-10-8-22(2)9-11-23/h3-7,12-13,21H,8-11H2,1-2H3. The van der Waals surface area contributed by atoms with E-state index in [-0.39, 0.29) is 15.8 Å². The van der Waals surface area contributed by atoms with Crippen molar-refractivity contribution < 1.29 is 13.2 Å². The van der Waals surface area contributed by atoms with E-state index >= 15 is 0 Å². The van der Waals surface area contributed by atoms with Crippen molar-refractivity contribution in [3.63, 3.8) is 0 Å². The summed E-state index contributed by atoms with van der Waals surface area (Å²) >= 11 is 6.14. The number of aryl methyl sites for hydroxylation is 1. The fraction of sp³-hybridized carbons (Fsp3) is 0.316. The zero-order valence-electron chi connectivity index (χ0n) is 15.3. The van der Waals surface area contributed by atoms with Crippen molar-refractivity contribution in [1.29, 1.82) is 0 Å². The highest BCUT2D eigenvalue weighted by Crippen LogP contribution is 2.26. The Morgan fingerprint density at radius 1 is 1.07 bits per heavy atom. The number of sulfonamides is 1. The Balaban J connectivity index is 1.87. The summed E-state index contributed by atoms with van der Waals surface area (Å²) in [5.74, 6) is -0.188. The first-order chi connectivity index (χ1) is 12.8. The minimum Gasteiger partial charge on any atom is -0.336 e. The van der Waals surface area contributed by atoms with Crippen molar-refractivity contribution in [3.8, 4) is 0 Å². The first-order valence-corrected chi connectivity index (χ1v) is 10.5. The molecular weight excluding hydrogens is 386 g/mol. The average Bonchev–Trinajstić information content (AvgIpc) is 2.61. The Hall–Kier alpha value is -2.09. The molecule has 1 amide bonds. The minimum absolute atomic E-state index is 0.0741. The number of carbonyl (C=O) groups is 1. The highest BCUT2D eigenvalue weighted by Gasteiger charge is 2.24. The number of hydrogen-bond donors (Lipinski definition) is 1. The summed E-state index contributed by atoms with van der Waals surface area (Å²) in [5, 5.41) is 0.0741. The summed E-state index contributed by atoms with van der Waals surface area (Å²) in [4.78, 5) is 16.5. The van der Waals surface area contributed by atoms with Crippen molar-refractivity contribution in [2.45, 2.75) is 11.8 Å². The van der Waals surface area contributed by atoms with E-state index in [1.54, 1.807) is 29.2 Å². The van der Waals surface area contributed by atoms with Gasteiger partial charge in [-0.05, 0) is 49.9 Å². The lowest BCUT2D eigenvalue weighted by Crippen LogP contribution is -2.47. The molecule has 0 unspecified atom stereocenters. The molecule has 2 aromatic rings. The van der Waals surface area contributed by atoms with Crippen molar-refractivity contribution >= 4 is 33.2 Å². The molecule has 1 heterocycles. The van der Waals surface area contributed by atoms with E-state index in [1.165, 1.54) is 12.1 Å². The van der Waals surface area contributed by atoms with Crippen LogP contribution in [0, 0.1) is 6.92 Å². The average molecular weight is 408 g/mol. The molecule has 0 aliphatic carbocycles. The summed E-state index contributed by atoms with van der Waals surface area (Å²) in [5.41, 5.74) is 1.69. The summed E-state index contributed by atoms with van der Waals surface area (Å²) in [6, 6.07) is 11.4. The third kappa shape index (κ3) is 4.61. The van der Waals surface area contributed by atoms with Crippen LogP contribution in [-0.4, -0.2) is 57.4 Å². The van der Waals surface area contributed by atoms with Gasteiger partial charge in [0, 0.05) is 37.4 Å². The second-order valence-electron chi connectivity index (χ2n) is 6.72. The van der Waals surface area contributed by atoms with E-state index in [0.29, 0.717) is 24.3 Å². The number of rotatable bonds is 4. The van der Waals surface area contributed by atoms with E-state index in [0.717, 1.165) is 18.7 Å². The van der Waals surface area contributed by atoms with Gasteiger partial charge in [0.05, 0.1) is 5.02 Å². The van der Waals surface area contributed by atoms with Crippen LogP contribution in [0.25, 0.3) is 0 Å². The number of likely N-dealkylation sites (N-methyl/N-ethyl adjacent to an activating group) is 1. The monoisotopic (exact) mass is 407 g/mol. The van der Waals surface area contributed by atoms with Gasteiger partial charge in [0.15, 0.2) is 0 Å². The van der Waals surface area contributed by atoms with E-state index in [2.05, 4.69) is 9.62 Å². The highest BCUT2D eigenvalue weighted by molar-refractivity contribution is 7.92. The Morgan fingerprint density at radius 3 is 2.44 bits per heavy atom. The lowest BCUT2D eigenvalue weighted by molar-refractivity contribution is 0.0664. The Kier molecular flexibility index (Phi) is 5.74. The molecule has 0 aromatic heterocycles. The molecule has 8 heteroatoms. The molecule has 1 fully saturated rings. The van der Waals surface area contributed by atoms with Gasteiger partial charge in [-0.2, -0.15) is 0 Å². The largest absolute Gasteiger partial charge is 0.336 e. The second-order valence-corrected chi connectivity index (χ2v) is 8.77. The summed E-state index contributed by atoms with van der Waals surface area (Å²) < 4.78 is 28.1. The molecule has 144 valence electrons. The van der Waals surface area contributed by atoms with Crippen LogP contribution < -0.4 is 4.72 Å². The van der Waals surface area contributed by atoms with Crippen LogP contribution in [0.1, 0.15) is 15.9 Å². The van der Waals surface area contributed by atoms with Crippen LogP contribution in [0.3, 0.4) is 0 Å².